The Balaban J connectivity index is 1.80. The van der Waals surface area contributed by atoms with Gasteiger partial charge < -0.3 is 0 Å². The first-order valence-corrected chi connectivity index (χ1v) is 13.2. The molecule has 0 radical (unpaired) electrons. The molecule has 0 unspecified atom stereocenters. The Hall–Kier alpha value is -3.20. The second-order valence-corrected chi connectivity index (χ2v) is 11.3. The topological polar surface area (TPSA) is 87.7 Å². The first-order valence-electron chi connectivity index (χ1n) is 10.5. The molecule has 6 nitrogen and oxygen atoms in total. The molecule has 0 amide bonds. The van der Waals surface area contributed by atoms with E-state index in [1.807, 2.05) is 39.0 Å². The lowest BCUT2D eigenvalue weighted by Gasteiger charge is -2.13. The molecule has 0 aliphatic rings. The molecule has 0 fully saturated rings. The number of thiophene rings is 1. The average Bonchev–Trinajstić information content (AvgIpc) is 3.36. The number of aromatic amines is 1. The normalized spacial score (nSPS) is 11.8. The fourth-order valence-corrected chi connectivity index (χ4v) is 6.68. The van der Waals surface area contributed by atoms with Crippen molar-refractivity contribution < 1.29 is 8.42 Å². The van der Waals surface area contributed by atoms with Gasteiger partial charge >= 0.3 is 0 Å². The number of hydrogen-bond acceptors (Lipinski definition) is 5. The lowest BCUT2D eigenvalue weighted by Crippen LogP contribution is -2.13. The molecule has 0 atom stereocenters. The highest BCUT2D eigenvalue weighted by Gasteiger charge is 2.24. The summed E-state index contributed by atoms with van der Waals surface area (Å²) in [5.41, 5.74) is 6.08. The lowest BCUT2D eigenvalue weighted by molar-refractivity contribution is 0.601. The highest BCUT2D eigenvalue weighted by atomic mass is 35.5. The molecule has 2 aromatic carbocycles. The van der Waals surface area contributed by atoms with E-state index in [0.717, 1.165) is 43.0 Å². The van der Waals surface area contributed by atoms with E-state index < -0.39 is 10.0 Å². The summed E-state index contributed by atoms with van der Waals surface area (Å²) in [7, 11) is -3.88. The van der Waals surface area contributed by atoms with Crippen LogP contribution in [0.4, 0.5) is 5.69 Å². The number of aryl methyl sites for hydroxylation is 3. The molecule has 9 heteroatoms. The summed E-state index contributed by atoms with van der Waals surface area (Å²) in [6.07, 6.45) is 1.79. The number of benzene rings is 2. The van der Waals surface area contributed by atoms with Crippen molar-refractivity contribution in [1.82, 2.24) is 15.2 Å². The minimum Gasteiger partial charge on any atom is -0.282 e. The summed E-state index contributed by atoms with van der Waals surface area (Å²) < 4.78 is 29.4. The fourth-order valence-electron chi connectivity index (χ4n) is 3.98. The van der Waals surface area contributed by atoms with Crippen molar-refractivity contribution in [2.75, 3.05) is 4.72 Å². The maximum Gasteiger partial charge on any atom is 0.261 e. The standard InChI is InChI=1S/C25H21ClN4O2S2/c1-14-6-4-7-17(10-14)22-23-21(30-34(31,32)19-9-5-8-18(26)12-19)11-15(2)28-25(23)33-24(22)20-13-27-29-16(20)3/h4-13H,1-3H3,(H,27,29)(H,28,30). The molecule has 0 aliphatic heterocycles. The Morgan fingerprint density at radius 1 is 1.03 bits per heavy atom. The maximum absolute atomic E-state index is 13.3. The predicted octanol–water partition coefficient (Wildman–Crippen LogP) is 6.73. The number of sulfonamides is 1. The second kappa shape index (κ2) is 8.54. The molecule has 5 aromatic rings. The van der Waals surface area contributed by atoms with Crippen LogP contribution in [0.3, 0.4) is 0 Å². The molecular weight excluding hydrogens is 488 g/mol. The first-order chi connectivity index (χ1) is 16.2. The Morgan fingerprint density at radius 2 is 1.82 bits per heavy atom. The number of pyridine rings is 1. The molecule has 172 valence electrons. The number of hydrogen-bond donors (Lipinski definition) is 2. The Morgan fingerprint density at radius 3 is 2.53 bits per heavy atom. The quantitative estimate of drug-likeness (QED) is 0.275. The zero-order valence-corrected chi connectivity index (χ0v) is 21.1. The fraction of sp³-hybridized carbons (Fsp3) is 0.120. The molecule has 2 N–H and O–H groups in total. The van der Waals surface area contributed by atoms with E-state index in [1.165, 1.54) is 23.5 Å². The van der Waals surface area contributed by atoms with Gasteiger partial charge in [0.15, 0.2) is 0 Å². The van der Waals surface area contributed by atoms with E-state index in [9.17, 15) is 8.42 Å². The molecule has 3 aromatic heterocycles. The number of nitrogens with zero attached hydrogens (tertiary/aromatic N) is 2. The van der Waals surface area contributed by atoms with Crippen LogP contribution in [-0.2, 0) is 10.0 Å². The van der Waals surface area contributed by atoms with Gasteiger partial charge in [0.1, 0.15) is 4.83 Å². The third-order valence-electron chi connectivity index (χ3n) is 5.52. The summed E-state index contributed by atoms with van der Waals surface area (Å²) in [6, 6.07) is 16.1. The highest BCUT2D eigenvalue weighted by molar-refractivity contribution is 7.92. The first kappa shape index (κ1) is 22.6. The number of fused-ring (bicyclic) bond motifs is 1. The van der Waals surface area contributed by atoms with Crippen LogP contribution < -0.4 is 4.72 Å². The molecule has 0 spiro atoms. The Bertz CT molecular complexity index is 1660. The molecule has 0 aliphatic carbocycles. The SMILES string of the molecule is Cc1cccc(-c2c(-c3cn[nH]c3C)sc3nc(C)cc(NS(=O)(=O)c4cccc(Cl)c4)c23)c1. The molecule has 5 rings (SSSR count). The van der Waals surface area contributed by atoms with Gasteiger partial charge in [0.25, 0.3) is 10.0 Å². The van der Waals surface area contributed by atoms with E-state index in [1.54, 1.807) is 24.4 Å². The van der Waals surface area contributed by atoms with Crippen molar-refractivity contribution in [3.05, 3.63) is 82.8 Å². The minimum atomic E-state index is -3.88. The van der Waals surface area contributed by atoms with Crippen molar-refractivity contribution in [2.24, 2.45) is 0 Å². The number of aromatic nitrogens is 3. The van der Waals surface area contributed by atoms with Gasteiger partial charge in [0.05, 0.1) is 16.8 Å². The van der Waals surface area contributed by atoms with E-state index in [4.69, 9.17) is 16.6 Å². The largest absolute Gasteiger partial charge is 0.282 e. The van der Waals surface area contributed by atoms with Crippen LogP contribution in [0.1, 0.15) is 17.0 Å². The third kappa shape index (κ3) is 4.09. The Labute approximate surface area is 206 Å². The van der Waals surface area contributed by atoms with Crippen molar-refractivity contribution in [3.8, 4) is 21.6 Å². The van der Waals surface area contributed by atoms with Gasteiger partial charge in [-0.1, -0.05) is 47.5 Å². The van der Waals surface area contributed by atoms with Gasteiger partial charge in [-0.15, -0.1) is 11.3 Å². The van der Waals surface area contributed by atoms with Gasteiger partial charge in [0.2, 0.25) is 0 Å². The zero-order chi connectivity index (χ0) is 24.0. The van der Waals surface area contributed by atoms with Crippen LogP contribution in [-0.4, -0.2) is 23.6 Å². The van der Waals surface area contributed by atoms with Gasteiger partial charge in [-0.2, -0.15) is 5.10 Å². The average molecular weight is 509 g/mol. The van der Waals surface area contributed by atoms with Gasteiger partial charge in [-0.3, -0.25) is 9.82 Å². The molecule has 34 heavy (non-hydrogen) atoms. The summed E-state index contributed by atoms with van der Waals surface area (Å²) in [4.78, 5) is 6.58. The van der Waals surface area contributed by atoms with Gasteiger partial charge in [0, 0.05) is 37.8 Å². The lowest BCUT2D eigenvalue weighted by atomic mass is 9.98. The highest BCUT2D eigenvalue weighted by Crippen LogP contribution is 2.48. The molecule has 3 heterocycles. The van der Waals surface area contributed by atoms with Gasteiger partial charge in [-0.05, 0) is 50.6 Å². The number of nitrogens with one attached hydrogen (secondary N) is 2. The summed E-state index contributed by atoms with van der Waals surface area (Å²) in [5, 5.41) is 8.32. The molecule has 0 saturated carbocycles. The van der Waals surface area contributed by atoms with Crippen LogP contribution in [0, 0.1) is 20.8 Å². The number of anilines is 1. The molecule has 0 saturated heterocycles. The van der Waals surface area contributed by atoms with Crippen molar-refractivity contribution in [2.45, 2.75) is 25.7 Å². The van der Waals surface area contributed by atoms with Crippen LogP contribution in [0.25, 0.3) is 31.8 Å². The van der Waals surface area contributed by atoms with Crippen LogP contribution in [0.5, 0.6) is 0 Å². The minimum absolute atomic E-state index is 0.0980. The summed E-state index contributed by atoms with van der Waals surface area (Å²) >= 11 is 7.58. The molecular formula is C25H21ClN4O2S2. The van der Waals surface area contributed by atoms with Crippen molar-refractivity contribution in [1.29, 1.82) is 0 Å². The summed E-state index contributed by atoms with van der Waals surface area (Å²) in [5.74, 6) is 0. The molecule has 0 bridgehead atoms. The van der Waals surface area contributed by atoms with Crippen LogP contribution in [0.15, 0.2) is 65.7 Å². The Kier molecular flexibility index (Phi) is 5.67. The van der Waals surface area contributed by atoms with Gasteiger partial charge in [-0.25, -0.2) is 13.4 Å². The second-order valence-electron chi connectivity index (χ2n) is 8.14. The monoisotopic (exact) mass is 508 g/mol. The maximum atomic E-state index is 13.3. The van der Waals surface area contributed by atoms with E-state index in [0.29, 0.717) is 16.4 Å². The zero-order valence-electron chi connectivity index (χ0n) is 18.7. The number of halogens is 1. The third-order valence-corrected chi connectivity index (χ3v) is 8.24. The smallest absolute Gasteiger partial charge is 0.261 e. The van der Waals surface area contributed by atoms with E-state index >= 15 is 0 Å². The van der Waals surface area contributed by atoms with Crippen molar-refractivity contribution >= 4 is 48.9 Å². The van der Waals surface area contributed by atoms with Crippen LogP contribution in [0.2, 0.25) is 5.02 Å². The van der Waals surface area contributed by atoms with Crippen LogP contribution >= 0.6 is 22.9 Å². The van der Waals surface area contributed by atoms with E-state index in [2.05, 4.69) is 21.0 Å². The predicted molar refractivity (Wildman–Crippen MR) is 139 cm³/mol. The number of rotatable bonds is 5. The summed E-state index contributed by atoms with van der Waals surface area (Å²) in [6.45, 7) is 5.85. The van der Waals surface area contributed by atoms with Crippen molar-refractivity contribution in [3.63, 3.8) is 0 Å². The number of H-pyrrole nitrogens is 1. The van der Waals surface area contributed by atoms with E-state index in [-0.39, 0.29) is 4.90 Å².